The molecule has 100 valence electrons. The van der Waals surface area contributed by atoms with E-state index in [9.17, 15) is 5.11 Å². The van der Waals surface area contributed by atoms with Gasteiger partial charge in [-0.3, -0.25) is 0 Å². The Morgan fingerprint density at radius 1 is 1.16 bits per heavy atom. The maximum absolute atomic E-state index is 9.58. The van der Waals surface area contributed by atoms with Gasteiger partial charge in [-0.1, -0.05) is 51.3 Å². The van der Waals surface area contributed by atoms with Crippen LogP contribution in [-0.2, 0) is 0 Å². The fourth-order valence-electron chi connectivity index (χ4n) is 1.77. The standard InChI is InChI=1S/C14H12BrCl2NO/c15-11-6-5-9(16)7-10(11)14(8-19)18-13-4-2-1-3-12(13)17/h1-7,14,18-19H,8H2. The molecular weight excluding hydrogens is 349 g/mol. The first-order chi connectivity index (χ1) is 9.11. The van der Waals surface area contributed by atoms with Crippen molar-refractivity contribution in [1.29, 1.82) is 0 Å². The molecule has 0 saturated carbocycles. The van der Waals surface area contributed by atoms with Crippen molar-refractivity contribution >= 4 is 44.8 Å². The van der Waals surface area contributed by atoms with Gasteiger partial charge in [0.05, 0.1) is 23.4 Å². The van der Waals surface area contributed by atoms with Crippen LogP contribution in [0.25, 0.3) is 0 Å². The van der Waals surface area contributed by atoms with E-state index in [2.05, 4.69) is 21.2 Å². The predicted molar refractivity (Wildman–Crippen MR) is 84.1 cm³/mol. The Balaban J connectivity index is 2.30. The molecule has 2 nitrogen and oxygen atoms in total. The van der Waals surface area contributed by atoms with E-state index in [0.717, 1.165) is 15.7 Å². The van der Waals surface area contributed by atoms with E-state index in [-0.39, 0.29) is 12.6 Å². The summed E-state index contributed by atoms with van der Waals surface area (Å²) in [7, 11) is 0. The summed E-state index contributed by atoms with van der Waals surface area (Å²) in [6, 6.07) is 12.6. The molecule has 2 aromatic rings. The second-order valence-corrected chi connectivity index (χ2v) is 5.72. The molecule has 2 rings (SSSR count). The monoisotopic (exact) mass is 359 g/mol. The molecule has 0 radical (unpaired) electrons. The smallest absolute Gasteiger partial charge is 0.0756 e. The number of para-hydroxylation sites is 1. The van der Waals surface area contributed by atoms with Gasteiger partial charge in [0.25, 0.3) is 0 Å². The number of aliphatic hydroxyl groups excluding tert-OH is 1. The molecular formula is C14H12BrCl2NO. The highest BCUT2D eigenvalue weighted by Gasteiger charge is 2.15. The molecule has 0 spiro atoms. The summed E-state index contributed by atoms with van der Waals surface area (Å²) in [6.07, 6.45) is 0. The number of hydrogen-bond acceptors (Lipinski definition) is 2. The topological polar surface area (TPSA) is 32.3 Å². The van der Waals surface area contributed by atoms with E-state index in [1.807, 2.05) is 30.3 Å². The minimum atomic E-state index is -0.284. The third kappa shape index (κ3) is 3.63. The molecule has 2 aromatic carbocycles. The van der Waals surface area contributed by atoms with Crippen molar-refractivity contribution in [1.82, 2.24) is 0 Å². The van der Waals surface area contributed by atoms with E-state index < -0.39 is 0 Å². The van der Waals surface area contributed by atoms with Crippen molar-refractivity contribution in [2.45, 2.75) is 6.04 Å². The van der Waals surface area contributed by atoms with Crippen molar-refractivity contribution < 1.29 is 5.11 Å². The lowest BCUT2D eigenvalue weighted by Gasteiger charge is -2.20. The normalized spacial score (nSPS) is 12.2. The van der Waals surface area contributed by atoms with Crippen LogP contribution in [0.5, 0.6) is 0 Å². The Labute approximate surface area is 130 Å². The highest BCUT2D eigenvalue weighted by atomic mass is 79.9. The largest absolute Gasteiger partial charge is 0.394 e. The van der Waals surface area contributed by atoms with Crippen LogP contribution in [0.1, 0.15) is 11.6 Å². The lowest BCUT2D eigenvalue weighted by atomic mass is 10.1. The van der Waals surface area contributed by atoms with E-state index in [0.29, 0.717) is 10.0 Å². The predicted octanol–water partition coefficient (Wildman–Crippen LogP) is 4.90. The van der Waals surface area contributed by atoms with Crippen molar-refractivity contribution in [3.05, 3.63) is 62.5 Å². The van der Waals surface area contributed by atoms with Gasteiger partial charge in [-0.15, -0.1) is 0 Å². The summed E-state index contributed by atoms with van der Waals surface area (Å²) in [5, 5.41) is 14.0. The van der Waals surface area contributed by atoms with Gasteiger partial charge in [-0.05, 0) is 35.9 Å². The third-order valence-electron chi connectivity index (χ3n) is 2.72. The van der Waals surface area contributed by atoms with Crippen LogP contribution >= 0.6 is 39.1 Å². The second kappa shape index (κ2) is 6.62. The summed E-state index contributed by atoms with van der Waals surface area (Å²) in [5.41, 5.74) is 1.66. The lowest BCUT2D eigenvalue weighted by molar-refractivity contribution is 0.276. The van der Waals surface area contributed by atoms with Crippen molar-refractivity contribution in [2.24, 2.45) is 0 Å². The van der Waals surface area contributed by atoms with E-state index in [4.69, 9.17) is 23.2 Å². The molecule has 0 aromatic heterocycles. The van der Waals surface area contributed by atoms with Crippen LogP contribution in [0, 0.1) is 0 Å². The Kier molecular flexibility index (Phi) is 5.11. The van der Waals surface area contributed by atoms with Gasteiger partial charge in [-0.25, -0.2) is 0 Å². The second-order valence-electron chi connectivity index (χ2n) is 4.03. The Morgan fingerprint density at radius 2 is 1.89 bits per heavy atom. The number of hydrogen-bond donors (Lipinski definition) is 2. The van der Waals surface area contributed by atoms with E-state index in [1.165, 1.54) is 0 Å². The molecule has 0 aliphatic carbocycles. The van der Waals surface area contributed by atoms with Crippen LogP contribution in [0.4, 0.5) is 5.69 Å². The Hall–Kier alpha value is -0.740. The maximum Gasteiger partial charge on any atom is 0.0756 e. The fraction of sp³-hybridized carbons (Fsp3) is 0.143. The molecule has 0 aliphatic rings. The number of benzene rings is 2. The van der Waals surface area contributed by atoms with E-state index in [1.54, 1.807) is 12.1 Å². The minimum Gasteiger partial charge on any atom is -0.394 e. The molecule has 0 fully saturated rings. The zero-order chi connectivity index (χ0) is 13.8. The van der Waals surface area contributed by atoms with Crippen molar-refractivity contribution in [2.75, 3.05) is 11.9 Å². The molecule has 19 heavy (non-hydrogen) atoms. The highest BCUT2D eigenvalue weighted by molar-refractivity contribution is 9.10. The number of anilines is 1. The number of rotatable bonds is 4. The van der Waals surface area contributed by atoms with Crippen molar-refractivity contribution in [3.8, 4) is 0 Å². The highest BCUT2D eigenvalue weighted by Crippen LogP contribution is 2.31. The Bertz CT molecular complexity index is 577. The van der Waals surface area contributed by atoms with E-state index >= 15 is 0 Å². The summed E-state index contributed by atoms with van der Waals surface area (Å²) >= 11 is 15.6. The molecule has 1 unspecified atom stereocenters. The number of nitrogens with one attached hydrogen (secondary N) is 1. The summed E-state index contributed by atoms with van der Waals surface area (Å²) in [4.78, 5) is 0. The SMILES string of the molecule is OCC(Nc1ccccc1Cl)c1cc(Cl)ccc1Br. The average Bonchev–Trinajstić information content (AvgIpc) is 2.41. The minimum absolute atomic E-state index is 0.0653. The van der Waals surface area contributed by atoms with Crippen molar-refractivity contribution in [3.63, 3.8) is 0 Å². The molecule has 2 N–H and O–H groups in total. The van der Waals surface area contributed by atoms with Gasteiger partial charge in [0, 0.05) is 9.50 Å². The van der Waals surface area contributed by atoms with Crippen LogP contribution in [-0.4, -0.2) is 11.7 Å². The zero-order valence-electron chi connectivity index (χ0n) is 9.91. The molecule has 0 bridgehead atoms. The molecule has 5 heteroatoms. The van der Waals surface area contributed by atoms with Crippen LogP contribution in [0.2, 0.25) is 10.0 Å². The van der Waals surface area contributed by atoms with Crippen LogP contribution < -0.4 is 5.32 Å². The molecule has 1 atom stereocenters. The molecule has 0 heterocycles. The summed E-state index contributed by atoms with van der Waals surface area (Å²) in [6.45, 7) is -0.0653. The van der Waals surface area contributed by atoms with Gasteiger partial charge >= 0.3 is 0 Å². The maximum atomic E-state index is 9.58. The van der Waals surface area contributed by atoms with Crippen LogP contribution in [0.15, 0.2) is 46.9 Å². The fourth-order valence-corrected chi connectivity index (χ4v) is 2.66. The van der Waals surface area contributed by atoms with Gasteiger partial charge in [0.15, 0.2) is 0 Å². The average molecular weight is 361 g/mol. The zero-order valence-corrected chi connectivity index (χ0v) is 13.0. The first-order valence-electron chi connectivity index (χ1n) is 5.68. The Morgan fingerprint density at radius 3 is 2.58 bits per heavy atom. The van der Waals surface area contributed by atoms with Gasteiger partial charge in [0.1, 0.15) is 0 Å². The molecule has 0 amide bonds. The third-order valence-corrected chi connectivity index (χ3v) is 4.01. The first kappa shape index (κ1) is 14.7. The first-order valence-corrected chi connectivity index (χ1v) is 7.23. The van der Waals surface area contributed by atoms with Gasteiger partial charge < -0.3 is 10.4 Å². The van der Waals surface area contributed by atoms with Crippen LogP contribution in [0.3, 0.4) is 0 Å². The quantitative estimate of drug-likeness (QED) is 0.812. The molecule has 0 saturated heterocycles. The lowest BCUT2D eigenvalue weighted by Crippen LogP contribution is -2.15. The summed E-state index contributed by atoms with van der Waals surface area (Å²) < 4.78 is 0.885. The number of aliphatic hydroxyl groups is 1. The number of halogens is 3. The van der Waals surface area contributed by atoms with Gasteiger partial charge in [-0.2, -0.15) is 0 Å². The molecule has 0 aliphatic heterocycles. The summed E-state index contributed by atoms with van der Waals surface area (Å²) in [5.74, 6) is 0. The van der Waals surface area contributed by atoms with Gasteiger partial charge in [0.2, 0.25) is 0 Å².